The van der Waals surface area contributed by atoms with E-state index in [2.05, 4.69) is 47.8 Å². The lowest BCUT2D eigenvalue weighted by atomic mass is 9.55. The maximum atomic E-state index is 6.34. The number of rotatable bonds is 2. The van der Waals surface area contributed by atoms with Crippen molar-refractivity contribution in [1.82, 2.24) is 0 Å². The van der Waals surface area contributed by atoms with Crippen LogP contribution in [0.4, 0.5) is 0 Å². The van der Waals surface area contributed by atoms with Gasteiger partial charge < -0.3 is 10.5 Å². The SMILES string of the molecule is NC1CC(Oc2c(Br)cc(Br)cc2Br)C12CCCCC2. The van der Waals surface area contributed by atoms with Crippen molar-refractivity contribution in [2.24, 2.45) is 11.1 Å². The van der Waals surface area contributed by atoms with Gasteiger partial charge in [-0.3, -0.25) is 0 Å². The fraction of sp³-hybridized carbons (Fsp3) is 0.600. The molecule has 0 amide bonds. The van der Waals surface area contributed by atoms with Crippen LogP contribution in [-0.4, -0.2) is 12.1 Å². The molecule has 2 unspecified atom stereocenters. The van der Waals surface area contributed by atoms with Gasteiger partial charge in [-0.15, -0.1) is 0 Å². The van der Waals surface area contributed by atoms with Crippen molar-refractivity contribution >= 4 is 47.8 Å². The van der Waals surface area contributed by atoms with E-state index in [4.69, 9.17) is 10.5 Å². The van der Waals surface area contributed by atoms with Gasteiger partial charge >= 0.3 is 0 Å². The lowest BCUT2D eigenvalue weighted by Gasteiger charge is -2.56. The minimum absolute atomic E-state index is 0.213. The maximum absolute atomic E-state index is 6.34. The van der Waals surface area contributed by atoms with Gasteiger partial charge in [-0.25, -0.2) is 0 Å². The molecule has 1 aromatic carbocycles. The summed E-state index contributed by atoms with van der Waals surface area (Å²) in [4.78, 5) is 0. The molecule has 2 atom stereocenters. The summed E-state index contributed by atoms with van der Waals surface area (Å²) in [5, 5.41) is 0. The Morgan fingerprint density at radius 2 is 1.65 bits per heavy atom. The van der Waals surface area contributed by atoms with E-state index in [0.29, 0.717) is 6.04 Å². The van der Waals surface area contributed by atoms with Gasteiger partial charge in [-0.05, 0) is 56.8 Å². The molecule has 2 aliphatic carbocycles. The predicted molar refractivity (Wildman–Crippen MR) is 92.1 cm³/mol. The molecular formula is C15H18Br3NO. The molecule has 20 heavy (non-hydrogen) atoms. The Morgan fingerprint density at radius 1 is 1.05 bits per heavy atom. The van der Waals surface area contributed by atoms with Crippen LogP contribution < -0.4 is 10.5 Å². The van der Waals surface area contributed by atoms with Crippen molar-refractivity contribution in [2.45, 2.75) is 50.7 Å². The summed E-state index contributed by atoms with van der Waals surface area (Å²) < 4.78 is 9.32. The zero-order valence-corrected chi connectivity index (χ0v) is 15.9. The molecule has 1 aromatic rings. The van der Waals surface area contributed by atoms with Crippen molar-refractivity contribution in [3.05, 3.63) is 25.6 Å². The molecule has 2 nitrogen and oxygen atoms in total. The molecule has 0 saturated heterocycles. The first-order valence-corrected chi connectivity index (χ1v) is 9.47. The highest BCUT2D eigenvalue weighted by atomic mass is 79.9. The van der Waals surface area contributed by atoms with Gasteiger partial charge in [-0.2, -0.15) is 0 Å². The van der Waals surface area contributed by atoms with Crippen molar-refractivity contribution in [2.75, 3.05) is 0 Å². The summed E-state index contributed by atoms with van der Waals surface area (Å²) in [5.74, 6) is 0.898. The number of hydrogen-bond donors (Lipinski definition) is 1. The van der Waals surface area contributed by atoms with Crippen molar-refractivity contribution < 1.29 is 4.74 Å². The summed E-state index contributed by atoms with van der Waals surface area (Å²) >= 11 is 10.7. The number of hydrogen-bond acceptors (Lipinski definition) is 2. The van der Waals surface area contributed by atoms with Crippen LogP contribution in [-0.2, 0) is 0 Å². The highest BCUT2D eigenvalue weighted by molar-refractivity contribution is 9.11. The topological polar surface area (TPSA) is 35.2 Å². The van der Waals surface area contributed by atoms with Crippen LogP contribution in [0.2, 0.25) is 0 Å². The molecule has 0 heterocycles. The minimum atomic E-state index is 0.213. The van der Waals surface area contributed by atoms with Gasteiger partial charge in [0.1, 0.15) is 11.9 Å². The minimum Gasteiger partial charge on any atom is -0.487 e. The van der Waals surface area contributed by atoms with E-state index in [1.165, 1.54) is 32.1 Å². The number of ether oxygens (including phenoxy) is 1. The molecule has 110 valence electrons. The van der Waals surface area contributed by atoms with E-state index in [9.17, 15) is 0 Å². The van der Waals surface area contributed by atoms with Crippen LogP contribution in [0.1, 0.15) is 38.5 Å². The second-order valence-electron chi connectivity index (χ2n) is 5.94. The van der Waals surface area contributed by atoms with Crippen LogP contribution in [0, 0.1) is 5.41 Å². The largest absolute Gasteiger partial charge is 0.487 e. The van der Waals surface area contributed by atoms with Crippen LogP contribution in [0.5, 0.6) is 5.75 Å². The Bertz CT molecular complexity index is 491. The zero-order valence-electron chi connectivity index (χ0n) is 11.2. The van der Waals surface area contributed by atoms with Gasteiger partial charge in [0.2, 0.25) is 0 Å². The number of halogens is 3. The average Bonchev–Trinajstić information content (AvgIpc) is 2.42. The standard InChI is InChI=1S/C15H18Br3NO/c16-9-6-10(17)14(11(18)7-9)20-13-8-12(19)15(13)4-2-1-3-5-15/h6-7,12-13H,1-5,8,19H2. The molecule has 0 aliphatic heterocycles. The summed E-state index contributed by atoms with van der Waals surface area (Å²) in [6.45, 7) is 0. The zero-order chi connectivity index (χ0) is 14.3. The smallest absolute Gasteiger partial charge is 0.148 e. The Hall–Kier alpha value is 0.420. The molecule has 0 bridgehead atoms. The van der Waals surface area contributed by atoms with Crippen molar-refractivity contribution in [1.29, 1.82) is 0 Å². The van der Waals surface area contributed by atoms with Crippen molar-refractivity contribution in [3.63, 3.8) is 0 Å². The fourth-order valence-electron chi connectivity index (χ4n) is 3.63. The molecule has 5 heteroatoms. The van der Waals surface area contributed by atoms with Crippen LogP contribution >= 0.6 is 47.8 Å². The molecule has 1 spiro atoms. The average molecular weight is 468 g/mol. The van der Waals surface area contributed by atoms with Crippen molar-refractivity contribution in [3.8, 4) is 5.75 Å². The first kappa shape index (κ1) is 15.3. The van der Waals surface area contributed by atoms with E-state index < -0.39 is 0 Å². The summed E-state index contributed by atoms with van der Waals surface area (Å²) in [7, 11) is 0. The van der Waals surface area contributed by atoms with Gasteiger partial charge in [0, 0.05) is 22.4 Å². The van der Waals surface area contributed by atoms with E-state index >= 15 is 0 Å². The Morgan fingerprint density at radius 3 is 2.20 bits per heavy atom. The van der Waals surface area contributed by atoms with E-state index in [1.54, 1.807) is 0 Å². The molecule has 2 fully saturated rings. The number of nitrogens with two attached hydrogens (primary N) is 1. The third-order valence-corrected chi connectivity index (χ3v) is 6.49. The lowest BCUT2D eigenvalue weighted by molar-refractivity contribution is -0.0904. The van der Waals surface area contributed by atoms with Crippen LogP contribution in [0.25, 0.3) is 0 Å². The molecular weight excluding hydrogens is 450 g/mol. The van der Waals surface area contributed by atoms with Crippen LogP contribution in [0.15, 0.2) is 25.6 Å². The predicted octanol–water partition coefficient (Wildman–Crippen LogP) is 5.40. The molecule has 2 aliphatic rings. The quantitative estimate of drug-likeness (QED) is 0.631. The third kappa shape index (κ3) is 2.59. The second kappa shape index (κ2) is 5.90. The summed E-state index contributed by atoms with van der Waals surface area (Å²) in [6.07, 6.45) is 7.57. The molecule has 0 radical (unpaired) electrons. The Balaban J connectivity index is 1.82. The van der Waals surface area contributed by atoms with E-state index in [1.807, 2.05) is 12.1 Å². The molecule has 2 saturated carbocycles. The van der Waals surface area contributed by atoms with Crippen LogP contribution in [0.3, 0.4) is 0 Å². The van der Waals surface area contributed by atoms with Gasteiger partial charge in [0.05, 0.1) is 8.95 Å². The Kier molecular flexibility index (Phi) is 4.52. The maximum Gasteiger partial charge on any atom is 0.148 e. The van der Waals surface area contributed by atoms with E-state index in [0.717, 1.165) is 25.6 Å². The second-order valence-corrected chi connectivity index (χ2v) is 8.57. The highest BCUT2D eigenvalue weighted by Crippen LogP contribution is 2.53. The summed E-state index contributed by atoms with van der Waals surface area (Å²) in [5.41, 5.74) is 6.53. The van der Waals surface area contributed by atoms with Gasteiger partial charge in [0.15, 0.2) is 0 Å². The molecule has 0 aromatic heterocycles. The summed E-state index contributed by atoms with van der Waals surface area (Å²) in [6, 6.07) is 4.35. The first-order chi connectivity index (χ1) is 9.53. The number of benzene rings is 1. The van der Waals surface area contributed by atoms with Gasteiger partial charge in [-0.1, -0.05) is 35.2 Å². The van der Waals surface area contributed by atoms with Gasteiger partial charge in [0.25, 0.3) is 0 Å². The Labute approximate surface area is 145 Å². The normalized spacial score (nSPS) is 28.2. The highest BCUT2D eigenvalue weighted by Gasteiger charge is 2.55. The third-order valence-electron chi connectivity index (χ3n) is 4.86. The molecule has 3 rings (SSSR count). The monoisotopic (exact) mass is 465 g/mol. The lowest BCUT2D eigenvalue weighted by Crippen LogP contribution is -2.64. The first-order valence-electron chi connectivity index (χ1n) is 7.10. The fourth-order valence-corrected chi connectivity index (χ4v) is 6.08. The van der Waals surface area contributed by atoms with E-state index in [-0.39, 0.29) is 11.5 Å². The molecule has 2 N–H and O–H groups in total.